The molecule has 0 saturated heterocycles. The van der Waals surface area contributed by atoms with E-state index in [4.69, 9.17) is 17.3 Å². The molecule has 0 aliphatic heterocycles. The van der Waals surface area contributed by atoms with Crippen molar-refractivity contribution in [3.8, 4) is 0 Å². The number of aromatic nitrogens is 1. The minimum atomic E-state index is 0.479. The van der Waals surface area contributed by atoms with E-state index >= 15 is 0 Å². The number of hydrogen-bond acceptors (Lipinski definition) is 2. The molecule has 0 fully saturated rings. The maximum Gasteiger partial charge on any atom is 0.124 e. The molecule has 0 radical (unpaired) electrons. The molecule has 0 saturated carbocycles. The number of fused-ring (bicyclic) bond motifs is 1. The first kappa shape index (κ1) is 8.78. The van der Waals surface area contributed by atoms with E-state index in [-0.39, 0.29) is 0 Å². The van der Waals surface area contributed by atoms with E-state index in [1.54, 1.807) is 12.1 Å². The second kappa shape index (κ2) is 3.16. The first-order chi connectivity index (χ1) is 6.18. The number of nitrogens with two attached hydrogens (primary N) is 1. The number of nitrogen functional groups attached to an aromatic ring is 1. The highest BCUT2D eigenvalue weighted by atomic mass is 79.9. The Kier molecular flexibility index (Phi) is 2.14. The quantitative estimate of drug-likeness (QED) is 0.787. The first-order valence-corrected chi connectivity index (χ1v) is 4.86. The minimum Gasteiger partial charge on any atom is -0.384 e. The Morgan fingerprint density at radius 3 is 2.77 bits per heavy atom. The van der Waals surface area contributed by atoms with Crippen molar-refractivity contribution < 1.29 is 0 Å². The number of halogens is 2. The predicted molar refractivity (Wildman–Crippen MR) is 58.9 cm³/mol. The highest BCUT2D eigenvalue weighted by Gasteiger charge is 2.03. The van der Waals surface area contributed by atoms with Crippen LogP contribution in [0.4, 0.5) is 5.82 Å². The zero-order valence-electron chi connectivity index (χ0n) is 6.59. The molecule has 0 bridgehead atoms. The van der Waals surface area contributed by atoms with Crippen LogP contribution in [0, 0.1) is 0 Å². The standard InChI is InChI=1S/C9H6BrClN2/c10-6-2-3-7(11)9-5(6)1-4-8(12)13-9/h1-4H,(H2,12,13). The first-order valence-electron chi connectivity index (χ1n) is 3.69. The van der Waals surface area contributed by atoms with E-state index in [2.05, 4.69) is 20.9 Å². The maximum atomic E-state index is 5.96. The summed E-state index contributed by atoms with van der Waals surface area (Å²) >= 11 is 9.38. The fourth-order valence-corrected chi connectivity index (χ4v) is 1.82. The van der Waals surface area contributed by atoms with Gasteiger partial charge in [0.25, 0.3) is 0 Å². The molecular formula is C9H6BrClN2. The normalized spacial score (nSPS) is 10.6. The van der Waals surface area contributed by atoms with Gasteiger partial charge in [0.15, 0.2) is 0 Å². The van der Waals surface area contributed by atoms with Gasteiger partial charge in [0, 0.05) is 9.86 Å². The van der Waals surface area contributed by atoms with E-state index in [9.17, 15) is 0 Å². The van der Waals surface area contributed by atoms with Gasteiger partial charge in [-0.1, -0.05) is 27.5 Å². The van der Waals surface area contributed by atoms with Crippen LogP contribution in [0.2, 0.25) is 5.02 Å². The van der Waals surface area contributed by atoms with Gasteiger partial charge in [-0.05, 0) is 24.3 Å². The molecule has 0 spiro atoms. The lowest BCUT2D eigenvalue weighted by Crippen LogP contribution is -1.90. The lowest BCUT2D eigenvalue weighted by Gasteiger charge is -2.02. The molecular weight excluding hydrogens is 251 g/mol. The summed E-state index contributed by atoms with van der Waals surface area (Å²) in [5.74, 6) is 0.479. The topological polar surface area (TPSA) is 38.9 Å². The van der Waals surface area contributed by atoms with Crippen molar-refractivity contribution in [3.05, 3.63) is 33.8 Å². The summed E-state index contributed by atoms with van der Waals surface area (Å²) in [5, 5.41) is 1.59. The van der Waals surface area contributed by atoms with Gasteiger partial charge in [-0.2, -0.15) is 0 Å². The Labute approximate surface area is 88.8 Å². The SMILES string of the molecule is Nc1ccc2c(Br)ccc(Cl)c2n1. The highest BCUT2D eigenvalue weighted by molar-refractivity contribution is 9.10. The van der Waals surface area contributed by atoms with Crippen LogP contribution in [0.5, 0.6) is 0 Å². The van der Waals surface area contributed by atoms with Crippen molar-refractivity contribution in [3.63, 3.8) is 0 Å². The summed E-state index contributed by atoms with van der Waals surface area (Å²) in [5.41, 5.74) is 6.29. The molecule has 0 amide bonds. The van der Waals surface area contributed by atoms with Crippen LogP contribution in [0.15, 0.2) is 28.7 Å². The van der Waals surface area contributed by atoms with E-state index < -0.39 is 0 Å². The largest absolute Gasteiger partial charge is 0.384 e. The van der Waals surface area contributed by atoms with Crippen LogP contribution >= 0.6 is 27.5 Å². The Hall–Kier alpha value is -0.800. The average molecular weight is 258 g/mol. The van der Waals surface area contributed by atoms with Crippen molar-refractivity contribution in [1.29, 1.82) is 0 Å². The highest BCUT2D eigenvalue weighted by Crippen LogP contribution is 2.28. The number of rotatable bonds is 0. The lowest BCUT2D eigenvalue weighted by molar-refractivity contribution is 1.41. The molecule has 2 rings (SSSR count). The zero-order chi connectivity index (χ0) is 9.42. The summed E-state index contributed by atoms with van der Waals surface area (Å²) in [4.78, 5) is 4.15. The van der Waals surface area contributed by atoms with Crippen molar-refractivity contribution in [2.45, 2.75) is 0 Å². The molecule has 0 aliphatic carbocycles. The van der Waals surface area contributed by atoms with Gasteiger partial charge in [-0.3, -0.25) is 0 Å². The van der Waals surface area contributed by atoms with Crippen LogP contribution in [-0.2, 0) is 0 Å². The fourth-order valence-electron chi connectivity index (χ4n) is 1.16. The molecule has 1 aromatic carbocycles. The van der Waals surface area contributed by atoms with Crippen molar-refractivity contribution >= 4 is 44.3 Å². The summed E-state index contributed by atoms with van der Waals surface area (Å²) in [6.45, 7) is 0. The average Bonchev–Trinajstić information content (AvgIpc) is 2.12. The molecule has 66 valence electrons. The van der Waals surface area contributed by atoms with Crippen LogP contribution in [0.3, 0.4) is 0 Å². The number of anilines is 1. The van der Waals surface area contributed by atoms with Gasteiger partial charge >= 0.3 is 0 Å². The van der Waals surface area contributed by atoms with Gasteiger partial charge in [0.2, 0.25) is 0 Å². The number of pyridine rings is 1. The van der Waals surface area contributed by atoms with Gasteiger partial charge in [0.1, 0.15) is 5.82 Å². The molecule has 2 nitrogen and oxygen atoms in total. The molecule has 2 N–H and O–H groups in total. The second-order valence-electron chi connectivity index (χ2n) is 2.66. The molecule has 13 heavy (non-hydrogen) atoms. The Morgan fingerprint density at radius 1 is 1.23 bits per heavy atom. The minimum absolute atomic E-state index is 0.479. The Balaban J connectivity index is 2.92. The van der Waals surface area contributed by atoms with Crippen LogP contribution in [0.1, 0.15) is 0 Å². The number of nitrogens with zero attached hydrogens (tertiary/aromatic N) is 1. The molecule has 2 aromatic rings. The smallest absolute Gasteiger partial charge is 0.124 e. The van der Waals surface area contributed by atoms with Crippen molar-refractivity contribution in [2.75, 3.05) is 5.73 Å². The monoisotopic (exact) mass is 256 g/mol. The molecule has 0 aliphatic rings. The third-order valence-electron chi connectivity index (χ3n) is 1.78. The summed E-state index contributed by atoms with van der Waals surface area (Å²) < 4.78 is 0.972. The third kappa shape index (κ3) is 1.49. The van der Waals surface area contributed by atoms with Crippen molar-refractivity contribution in [1.82, 2.24) is 4.98 Å². The summed E-state index contributed by atoms with van der Waals surface area (Å²) in [6, 6.07) is 7.33. The molecule has 0 unspecified atom stereocenters. The Bertz CT molecular complexity index is 470. The van der Waals surface area contributed by atoms with E-state index in [0.29, 0.717) is 10.8 Å². The number of hydrogen-bond donors (Lipinski definition) is 1. The summed E-state index contributed by atoms with van der Waals surface area (Å²) in [6.07, 6.45) is 0. The predicted octanol–water partition coefficient (Wildman–Crippen LogP) is 3.23. The van der Waals surface area contributed by atoms with Crippen LogP contribution in [0.25, 0.3) is 10.9 Å². The van der Waals surface area contributed by atoms with Crippen LogP contribution in [-0.4, -0.2) is 4.98 Å². The fraction of sp³-hybridized carbons (Fsp3) is 0. The van der Waals surface area contributed by atoms with Gasteiger partial charge in [0.05, 0.1) is 10.5 Å². The Morgan fingerprint density at radius 2 is 2.00 bits per heavy atom. The summed E-state index contributed by atoms with van der Waals surface area (Å²) in [7, 11) is 0. The zero-order valence-corrected chi connectivity index (χ0v) is 8.93. The van der Waals surface area contributed by atoms with Crippen molar-refractivity contribution in [2.24, 2.45) is 0 Å². The van der Waals surface area contributed by atoms with Gasteiger partial charge in [-0.15, -0.1) is 0 Å². The van der Waals surface area contributed by atoms with E-state index in [1.165, 1.54) is 0 Å². The third-order valence-corrected chi connectivity index (χ3v) is 2.77. The second-order valence-corrected chi connectivity index (χ2v) is 3.92. The molecule has 4 heteroatoms. The molecule has 1 aromatic heterocycles. The molecule has 1 heterocycles. The van der Waals surface area contributed by atoms with Gasteiger partial charge < -0.3 is 5.73 Å². The number of benzene rings is 1. The van der Waals surface area contributed by atoms with Gasteiger partial charge in [-0.25, -0.2) is 4.98 Å². The van der Waals surface area contributed by atoms with E-state index in [1.807, 2.05) is 12.1 Å². The van der Waals surface area contributed by atoms with Crippen LogP contribution < -0.4 is 5.73 Å². The van der Waals surface area contributed by atoms with E-state index in [0.717, 1.165) is 15.4 Å². The molecule has 0 atom stereocenters. The maximum absolute atomic E-state index is 5.96. The lowest BCUT2D eigenvalue weighted by atomic mass is 10.2.